The molecule has 0 saturated heterocycles. The van der Waals surface area contributed by atoms with Crippen LogP contribution in [0.5, 0.6) is 0 Å². The summed E-state index contributed by atoms with van der Waals surface area (Å²) in [5.41, 5.74) is 6.23. The summed E-state index contributed by atoms with van der Waals surface area (Å²) in [5, 5.41) is 3.40. The third-order valence-electron chi connectivity index (χ3n) is 1.76. The molecule has 0 fully saturated rings. The van der Waals surface area contributed by atoms with E-state index in [1.165, 1.54) is 12.1 Å². The fourth-order valence-corrected chi connectivity index (χ4v) is 1.61. The van der Waals surface area contributed by atoms with Crippen LogP contribution >= 0.6 is 23.2 Å². The molecule has 3 N–H and O–H groups in total. The Hall–Kier alpha value is -0.930. The zero-order chi connectivity index (χ0) is 11.6. The van der Waals surface area contributed by atoms with Crippen LogP contribution in [0.4, 0.5) is 5.69 Å². The first kappa shape index (κ1) is 12.1. The van der Waals surface area contributed by atoms with Gasteiger partial charge in [-0.1, -0.05) is 23.2 Å². The lowest BCUT2D eigenvalue weighted by atomic mass is 10.1. The van der Waals surface area contributed by atoms with Crippen LogP contribution in [0.15, 0.2) is 12.1 Å². The molecule has 0 aliphatic carbocycles. The first-order chi connectivity index (χ1) is 6.91. The van der Waals surface area contributed by atoms with Crippen molar-refractivity contribution in [2.24, 2.45) is 0 Å². The normalized spacial score (nSPS) is 10.5. The molecule has 0 aliphatic heterocycles. The van der Waals surface area contributed by atoms with E-state index in [9.17, 15) is 4.79 Å². The smallest absolute Gasteiger partial charge is 0.253 e. The number of nitrogen functional groups attached to an aromatic ring is 1. The Bertz CT molecular complexity index is 391. The Labute approximate surface area is 98.5 Å². The van der Waals surface area contributed by atoms with Gasteiger partial charge in [-0.2, -0.15) is 0 Å². The number of nitrogens with one attached hydrogen (secondary N) is 1. The van der Waals surface area contributed by atoms with E-state index in [0.29, 0.717) is 10.6 Å². The summed E-state index contributed by atoms with van der Waals surface area (Å²) in [7, 11) is 0. The minimum absolute atomic E-state index is 0.0367. The maximum Gasteiger partial charge on any atom is 0.253 e. The van der Waals surface area contributed by atoms with E-state index in [-0.39, 0.29) is 22.7 Å². The molecule has 0 radical (unpaired) electrons. The largest absolute Gasteiger partial charge is 0.397 e. The summed E-state index contributed by atoms with van der Waals surface area (Å²) in [6.45, 7) is 3.72. The van der Waals surface area contributed by atoms with Gasteiger partial charge in [0.25, 0.3) is 5.91 Å². The van der Waals surface area contributed by atoms with Crippen LogP contribution in [-0.4, -0.2) is 11.9 Å². The molecule has 0 spiro atoms. The molecule has 1 rings (SSSR count). The van der Waals surface area contributed by atoms with Gasteiger partial charge in [-0.15, -0.1) is 0 Å². The third-order valence-corrected chi connectivity index (χ3v) is 2.29. The first-order valence-electron chi connectivity index (χ1n) is 4.47. The van der Waals surface area contributed by atoms with Crippen molar-refractivity contribution in [1.82, 2.24) is 5.32 Å². The summed E-state index contributed by atoms with van der Waals surface area (Å²) >= 11 is 11.6. The van der Waals surface area contributed by atoms with Gasteiger partial charge in [-0.25, -0.2) is 0 Å². The number of hydrogen-bond acceptors (Lipinski definition) is 2. The van der Waals surface area contributed by atoms with E-state index in [4.69, 9.17) is 28.9 Å². The lowest BCUT2D eigenvalue weighted by Gasteiger charge is -2.11. The third kappa shape index (κ3) is 3.01. The molecule has 0 unspecified atom stereocenters. The Kier molecular flexibility index (Phi) is 3.83. The van der Waals surface area contributed by atoms with Gasteiger partial charge in [0.15, 0.2) is 0 Å². The predicted molar refractivity (Wildman–Crippen MR) is 63.5 cm³/mol. The molecule has 82 valence electrons. The molecule has 0 atom stereocenters. The SMILES string of the molecule is CC(C)NC(=O)c1cc(Cl)cc(Cl)c1N. The van der Waals surface area contributed by atoms with Gasteiger partial charge in [0.05, 0.1) is 16.3 Å². The van der Waals surface area contributed by atoms with Crippen molar-refractivity contribution in [3.8, 4) is 0 Å². The number of nitrogens with two attached hydrogens (primary N) is 1. The van der Waals surface area contributed by atoms with E-state index in [2.05, 4.69) is 5.32 Å². The van der Waals surface area contributed by atoms with Crippen molar-refractivity contribution < 1.29 is 4.79 Å². The fraction of sp³-hybridized carbons (Fsp3) is 0.300. The van der Waals surface area contributed by atoms with Crippen LogP contribution in [0.1, 0.15) is 24.2 Å². The Balaban J connectivity index is 3.08. The second kappa shape index (κ2) is 4.73. The minimum Gasteiger partial charge on any atom is -0.397 e. The molecule has 0 aromatic heterocycles. The highest BCUT2D eigenvalue weighted by atomic mass is 35.5. The Morgan fingerprint density at radius 3 is 2.53 bits per heavy atom. The number of hydrogen-bond donors (Lipinski definition) is 2. The quantitative estimate of drug-likeness (QED) is 0.789. The molecule has 1 amide bonds. The zero-order valence-electron chi connectivity index (χ0n) is 8.47. The first-order valence-corrected chi connectivity index (χ1v) is 5.22. The maximum absolute atomic E-state index is 11.7. The van der Waals surface area contributed by atoms with Crippen LogP contribution in [0.2, 0.25) is 10.0 Å². The molecule has 5 heteroatoms. The highest BCUT2D eigenvalue weighted by Crippen LogP contribution is 2.27. The van der Waals surface area contributed by atoms with Gasteiger partial charge in [-0.05, 0) is 26.0 Å². The van der Waals surface area contributed by atoms with Crippen molar-refractivity contribution in [2.45, 2.75) is 19.9 Å². The number of amides is 1. The van der Waals surface area contributed by atoms with Crippen molar-refractivity contribution in [1.29, 1.82) is 0 Å². The van der Waals surface area contributed by atoms with Crippen LogP contribution in [-0.2, 0) is 0 Å². The number of halogens is 2. The van der Waals surface area contributed by atoms with E-state index < -0.39 is 0 Å². The number of rotatable bonds is 2. The molecule has 0 saturated carbocycles. The van der Waals surface area contributed by atoms with Gasteiger partial charge in [0.1, 0.15) is 0 Å². The number of anilines is 1. The van der Waals surface area contributed by atoms with Crippen LogP contribution in [0.3, 0.4) is 0 Å². The lowest BCUT2D eigenvalue weighted by Crippen LogP contribution is -2.30. The monoisotopic (exact) mass is 246 g/mol. The summed E-state index contributed by atoms with van der Waals surface area (Å²) in [4.78, 5) is 11.7. The van der Waals surface area contributed by atoms with Crippen molar-refractivity contribution in [3.63, 3.8) is 0 Å². The summed E-state index contributed by atoms with van der Waals surface area (Å²) < 4.78 is 0. The molecule has 0 aliphatic rings. The standard InChI is InChI=1S/C10H12Cl2N2O/c1-5(2)14-10(15)7-3-6(11)4-8(12)9(7)13/h3-5H,13H2,1-2H3,(H,14,15). The average Bonchev–Trinajstić information content (AvgIpc) is 2.09. The van der Waals surface area contributed by atoms with Gasteiger partial charge in [0, 0.05) is 11.1 Å². The highest BCUT2D eigenvalue weighted by molar-refractivity contribution is 6.37. The highest BCUT2D eigenvalue weighted by Gasteiger charge is 2.13. The second-order valence-electron chi connectivity index (χ2n) is 3.48. The van der Waals surface area contributed by atoms with E-state index >= 15 is 0 Å². The molecule has 0 heterocycles. The van der Waals surface area contributed by atoms with Gasteiger partial charge < -0.3 is 11.1 Å². The van der Waals surface area contributed by atoms with Crippen LogP contribution < -0.4 is 11.1 Å². The molecular formula is C10H12Cl2N2O. The molecular weight excluding hydrogens is 235 g/mol. The van der Waals surface area contributed by atoms with Crippen LogP contribution in [0.25, 0.3) is 0 Å². The predicted octanol–water partition coefficient (Wildman–Crippen LogP) is 2.71. The van der Waals surface area contributed by atoms with Gasteiger partial charge in [0.2, 0.25) is 0 Å². The summed E-state index contributed by atoms with van der Waals surface area (Å²) in [5.74, 6) is -0.271. The van der Waals surface area contributed by atoms with Crippen molar-refractivity contribution in [2.75, 3.05) is 5.73 Å². The topological polar surface area (TPSA) is 55.1 Å². The molecule has 15 heavy (non-hydrogen) atoms. The second-order valence-corrected chi connectivity index (χ2v) is 4.32. The summed E-state index contributed by atoms with van der Waals surface area (Å²) in [6, 6.07) is 3.04. The maximum atomic E-state index is 11.7. The zero-order valence-corrected chi connectivity index (χ0v) is 9.99. The summed E-state index contributed by atoms with van der Waals surface area (Å²) in [6.07, 6.45) is 0. The molecule has 1 aromatic carbocycles. The number of carbonyl (C=O) groups excluding carboxylic acids is 1. The molecule has 3 nitrogen and oxygen atoms in total. The van der Waals surface area contributed by atoms with E-state index in [1.54, 1.807) is 0 Å². The number of carbonyl (C=O) groups is 1. The van der Waals surface area contributed by atoms with E-state index in [0.717, 1.165) is 0 Å². The van der Waals surface area contributed by atoms with E-state index in [1.807, 2.05) is 13.8 Å². The van der Waals surface area contributed by atoms with Crippen molar-refractivity contribution >= 4 is 34.8 Å². The van der Waals surface area contributed by atoms with Gasteiger partial charge in [-0.3, -0.25) is 4.79 Å². The van der Waals surface area contributed by atoms with Gasteiger partial charge >= 0.3 is 0 Å². The fourth-order valence-electron chi connectivity index (χ4n) is 1.11. The molecule has 1 aromatic rings. The Morgan fingerprint density at radius 1 is 1.40 bits per heavy atom. The average molecular weight is 247 g/mol. The Morgan fingerprint density at radius 2 is 2.00 bits per heavy atom. The minimum atomic E-state index is -0.271. The van der Waals surface area contributed by atoms with Crippen LogP contribution in [0, 0.1) is 0 Å². The molecule has 0 bridgehead atoms. The van der Waals surface area contributed by atoms with Crippen molar-refractivity contribution in [3.05, 3.63) is 27.7 Å². The number of benzene rings is 1. The lowest BCUT2D eigenvalue weighted by molar-refractivity contribution is 0.0944.